The van der Waals surface area contributed by atoms with Gasteiger partial charge in [-0.1, -0.05) is 6.92 Å². The fourth-order valence-corrected chi connectivity index (χ4v) is 1.37. The number of carbonyl (C=O) groups excluding carboxylic acids is 1. The average molecular weight is 268 g/mol. The number of hydrogen-bond donors (Lipinski definition) is 1. The van der Waals surface area contributed by atoms with Gasteiger partial charge in [-0.05, 0) is 28.4 Å². The van der Waals surface area contributed by atoms with Gasteiger partial charge in [0.2, 0.25) is 0 Å². The van der Waals surface area contributed by atoms with E-state index < -0.39 is 6.04 Å². The highest BCUT2D eigenvalue weighted by Crippen LogP contribution is 2.09. The minimum Gasteiger partial charge on any atom is -0.336 e. The minimum atomic E-state index is -0.448. The second kappa shape index (κ2) is 5.47. The lowest BCUT2D eigenvalue weighted by molar-refractivity contribution is 0.0944. The molecule has 5 heteroatoms. The van der Waals surface area contributed by atoms with Crippen LogP contribution in [-0.2, 0) is 0 Å². The topological polar surface area (TPSA) is 65.8 Å². The molecule has 1 heterocycles. The number of rotatable bonds is 3. The number of pyridine rings is 1. The van der Waals surface area contributed by atoms with Crippen LogP contribution in [0.1, 0.15) is 23.7 Å². The molecule has 1 aromatic rings. The van der Waals surface area contributed by atoms with Crippen molar-refractivity contribution in [3.8, 4) is 6.07 Å². The summed E-state index contributed by atoms with van der Waals surface area (Å²) in [5, 5.41) is 11.3. The molecule has 0 spiro atoms. The molecule has 15 heavy (non-hydrogen) atoms. The van der Waals surface area contributed by atoms with Crippen LogP contribution >= 0.6 is 15.9 Å². The maximum Gasteiger partial charge on any atom is 0.253 e. The predicted molar refractivity (Wildman–Crippen MR) is 59.1 cm³/mol. The van der Waals surface area contributed by atoms with Crippen LogP contribution < -0.4 is 5.32 Å². The SMILES string of the molecule is CCC(C#N)NC(=O)c1cncc(Br)c1. The summed E-state index contributed by atoms with van der Waals surface area (Å²) in [6.07, 6.45) is 3.65. The van der Waals surface area contributed by atoms with Gasteiger partial charge < -0.3 is 5.32 Å². The smallest absolute Gasteiger partial charge is 0.253 e. The molecule has 0 aromatic carbocycles. The van der Waals surface area contributed by atoms with E-state index in [2.05, 4.69) is 26.2 Å². The van der Waals surface area contributed by atoms with Crippen molar-refractivity contribution >= 4 is 21.8 Å². The first-order chi connectivity index (χ1) is 7.17. The molecule has 0 aliphatic carbocycles. The van der Waals surface area contributed by atoms with E-state index in [1.165, 1.54) is 6.20 Å². The third kappa shape index (κ3) is 3.33. The molecule has 1 aromatic heterocycles. The van der Waals surface area contributed by atoms with Crippen molar-refractivity contribution in [1.82, 2.24) is 10.3 Å². The molecule has 4 nitrogen and oxygen atoms in total. The number of nitrogens with one attached hydrogen (secondary N) is 1. The fourth-order valence-electron chi connectivity index (χ4n) is 1.00. The number of carbonyl (C=O) groups is 1. The summed E-state index contributed by atoms with van der Waals surface area (Å²) < 4.78 is 0.736. The van der Waals surface area contributed by atoms with Crippen LogP contribution in [0.4, 0.5) is 0 Å². The summed E-state index contributed by atoms with van der Waals surface area (Å²) in [5.41, 5.74) is 0.443. The van der Waals surface area contributed by atoms with Crippen LogP contribution in [0, 0.1) is 11.3 Å². The highest BCUT2D eigenvalue weighted by Gasteiger charge is 2.11. The van der Waals surface area contributed by atoms with Crippen molar-refractivity contribution in [3.63, 3.8) is 0 Å². The zero-order valence-electron chi connectivity index (χ0n) is 8.20. The van der Waals surface area contributed by atoms with Gasteiger partial charge in [0.1, 0.15) is 6.04 Å². The summed E-state index contributed by atoms with van der Waals surface area (Å²) in [6.45, 7) is 1.84. The Morgan fingerprint density at radius 2 is 2.47 bits per heavy atom. The maximum absolute atomic E-state index is 11.6. The molecule has 0 radical (unpaired) electrons. The molecule has 78 valence electrons. The van der Waals surface area contributed by atoms with Gasteiger partial charge in [-0.15, -0.1) is 0 Å². The first-order valence-corrected chi connectivity index (χ1v) is 5.27. The van der Waals surface area contributed by atoms with Crippen molar-refractivity contribution in [3.05, 3.63) is 28.5 Å². The Hall–Kier alpha value is -1.41. The van der Waals surface area contributed by atoms with Crippen molar-refractivity contribution < 1.29 is 4.79 Å². The number of nitriles is 1. The second-order valence-corrected chi connectivity index (χ2v) is 3.87. The number of amides is 1. The van der Waals surface area contributed by atoms with Crippen molar-refractivity contribution in [2.45, 2.75) is 19.4 Å². The van der Waals surface area contributed by atoms with Crippen molar-refractivity contribution in [2.75, 3.05) is 0 Å². The van der Waals surface area contributed by atoms with Gasteiger partial charge in [0.05, 0.1) is 11.6 Å². The van der Waals surface area contributed by atoms with Crippen LogP contribution in [0.25, 0.3) is 0 Å². The molecule has 1 N–H and O–H groups in total. The summed E-state index contributed by atoms with van der Waals surface area (Å²) in [5.74, 6) is -0.280. The van der Waals surface area contributed by atoms with Crippen LogP contribution in [0.5, 0.6) is 0 Å². The molecule has 0 fully saturated rings. The van der Waals surface area contributed by atoms with E-state index in [4.69, 9.17) is 5.26 Å². The van der Waals surface area contributed by atoms with Gasteiger partial charge in [-0.25, -0.2) is 0 Å². The molecule has 0 aliphatic rings. The van der Waals surface area contributed by atoms with Gasteiger partial charge in [-0.2, -0.15) is 5.26 Å². The first-order valence-electron chi connectivity index (χ1n) is 4.48. The van der Waals surface area contributed by atoms with E-state index in [-0.39, 0.29) is 5.91 Å². The Morgan fingerprint density at radius 3 is 3.00 bits per heavy atom. The molecule has 1 unspecified atom stereocenters. The normalized spacial score (nSPS) is 11.5. The molecule has 1 atom stereocenters. The molecule has 1 rings (SSSR count). The van der Waals surface area contributed by atoms with E-state index in [9.17, 15) is 4.79 Å². The summed E-state index contributed by atoms with van der Waals surface area (Å²) in [4.78, 5) is 15.5. The third-order valence-corrected chi connectivity index (χ3v) is 2.27. The Labute approximate surface area is 96.4 Å². The summed E-state index contributed by atoms with van der Waals surface area (Å²) in [7, 11) is 0. The molecular weight excluding hydrogens is 258 g/mol. The Balaban J connectivity index is 2.74. The number of hydrogen-bond acceptors (Lipinski definition) is 3. The molecule has 0 saturated heterocycles. The van der Waals surface area contributed by atoms with Crippen molar-refractivity contribution in [1.29, 1.82) is 5.26 Å². The van der Waals surface area contributed by atoms with Crippen LogP contribution in [0.15, 0.2) is 22.9 Å². The van der Waals surface area contributed by atoms with Gasteiger partial charge >= 0.3 is 0 Å². The highest BCUT2D eigenvalue weighted by molar-refractivity contribution is 9.10. The Kier molecular flexibility index (Phi) is 4.25. The third-order valence-electron chi connectivity index (χ3n) is 1.84. The summed E-state index contributed by atoms with van der Waals surface area (Å²) in [6, 6.07) is 3.21. The van der Waals surface area contributed by atoms with E-state index in [0.29, 0.717) is 12.0 Å². The molecular formula is C10H10BrN3O. The standard InChI is InChI=1S/C10H10BrN3O/c1-2-9(4-12)14-10(15)7-3-8(11)6-13-5-7/h3,5-6,9H,2H2,1H3,(H,14,15). The van der Waals surface area contributed by atoms with Gasteiger partial charge in [-0.3, -0.25) is 9.78 Å². The molecule has 0 bridgehead atoms. The van der Waals surface area contributed by atoms with E-state index >= 15 is 0 Å². The maximum atomic E-state index is 11.6. The minimum absolute atomic E-state index is 0.280. The van der Waals surface area contributed by atoms with Crippen LogP contribution in [0.2, 0.25) is 0 Å². The predicted octanol–water partition coefficient (Wildman–Crippen LogP) is 1.88. The Morgan fingerprint density at radius 1 is 1.73 bits per heavy atom. The van der Waals surface area contributed by atoms with Gasteiger partial charge in [0.25, 0.3) is 5.91 Å². The largest absolute Gasteiger partial charge is 0.336 e. The van der Waals surface area contributed by atoms with Crippen molar-refractivity contribution in [2.24, 2.45) is 0 Å². The first kappa shape index (κ1) is 11.7. The fraction of sp³-hybridized carbons (Fsp3) is 0.300. The van der Waals surface area contributed by atoms with E-state index in [1.807, 2.05) is 13.0 Å². The lowest BCUT2D eigenvalue weighted by Gasteiger charge is -2.08. The summed E-state index contributed by atoms with van der Waals surface area (Å²) >= 11 is 3.22. The average Bonchev–Trinajstić information content (AvgIpc) is 2.25. The van der Waals surface area contributed by atoms with Crippen LogP contribution in [-0.4, -0.2) is 16.9 Å². The monoisotopic (exact) mass is 267 g/mol. The molecule has 0 saturated carbocycles. The lowest BCUT2D eigenvalue weighted by Crippen LogP contribution is -2.33. The highest BCUT2D eigenvalue weighted by atomic mass is 79.9. The number of aromatic nitrogens is 1. The van der Waals surface area contributed by atoms with Gasteiger partial charge in [0.15, 0.2) is 0 Å². The van der Waals surface area contributed by atoms with Crippen LogP contribution in [0.3, 0.4) is 0 Å². The van der Waals surface area contributed by atoms with E-state index in [0.717, 1.165) is 4.47 Å². The zero-order chi connectivity index (χ0) is 11.3. The quantitative estimate of drug-likeness (QED) is 0.910. The number of halogens is 1. The number of nitrogens with zero attached hydrogens (tertiary/aromatic N) is 2. The molecule has 1 amide bonds. The molecule has 0 aliphatic heterocycles. The van der Waals surface area contributed by atoms with E-state index in [1.54, 1.807) is 12.3 Å². The Bertz CT molecular complexity index is 400. The lowest BCUT2D eigenvalue weighted by atomic mass is 10.2. The second-order valence-electron chi connectivity index (χ2n) is 2.96. The zero-order valence-corrected chi connectivity index (χ0v) is 9.78. The van der Waals surface area contributed by atoms with Gasteiger partial charge in [0, 0.05) is 16.9 Å².